The van der Waals surface area contributed by atoms with Crippen LogP contribution in [0.15, 0.2) is 24.8 Å². The van der Waals surface area contributed by atoms with Crippen LogP contribution in [0.5, 0.6) is 0 Å². The van der Waals surface area contributed by atoms with Crippen LogP contribution in [-0.4, -0.2) is 30.3 Å². The number of nitrogens with zero attached hydrogens (tertiary/aromatic N) is 5. The number of fused-ring (bicyclic) bond motifs is 1. The molecule has 4 rings (SSSR count). The molecule has 0 aliphatic carbocycles. The van der Waals surface area contributed by atoms with Gasteiger partial charge in [-0.05, 0) is 41.8 Å². The molecule has 0 spiro atoms. The third-order valence-corrected chi connectivity index (χ3v) is 5.73. The Morgan fingerprint density at radius 2 is 2.15 bits per heavy atom. The zero-order valence-corrected chi connectivity index (χ0v) is 15.4. The van der Waals surface area contributed by atoms with Crippen molar-refractivity contribution in [3.05, 3.63) is 41.2 Å². The van der Waals surface area contributed by atoms with Crippen molar-refractivity contribution in [1.82, 2.24) is 24.5 Å². The van der Waals surface area contributed by atoms with Crippen LogP contribution in [0.1, 0.15) is 29.3 Å². The molecule has 3 aromatic rings. The Balaban J connectivity index is 1.61. The molecule has 1 saturated heterocycles. The Morgan fingerprint density at radius 1 is 1.30 bits per heavy atom. The summed E-state index contributed by atoms with van der Waals surface area (Å²) in [5.74, 6) is 1.46. The van der Waals surface area contributed by atoms with Crippen LogP contribution in [-0.2, 0) is 12.7 Å². The maximum absolute atomic E-state index is 12.8. The fourth-order valence-electron chi connectivity index (χ4n) is 2.93. The Morgan fingerprint density at radius 3 is 2.89 bits per heavy atom. The van der Waals surface area contributed by atoms with E-state index in [-0.39, 0.29) is 17.2 Å². The molecule has 142 valence electrons. The molecule has 3 aromatic heterocycles. The Hall–Kier alpha value is -2.07. The highest BCUT2D eigenvalue weighted by Crippen LogP contribution is 2.38. The lowest BCUT2D eigenvalue weighted by Gasteiger charge is -2.12. The van der Waals surface area contributed by atoms with Crippen molar-refractivity contribution in [3.63, 3.8) is 0 Å². The number of halogens is 4. The predicted octanol–water partition coefficient (Wildman–Crippen LogP) is 4.53. The van der Waals surface area contributed by atoms with Crippen molar-refractivity contribution in [2.75, 3.05) is 11.1 Å². The van der Waals surface area contributed by atoms with E-state index in [4.69, 9.17) is 11.6 Å². The van der Waals surface area contributed by atoms with Gasteiger partial charge in [-0.1, -0.05) is 0 Å². The fourth-order valence-corrected chi connectivity index (χ4v) is 4.35. The van der Waals surface area contributed by atoms with Gasteiger partial charge in [-0.2, -0.15) is 23.1 Å². The molecule has 1 atom stereocenters. The Labute approximate surface area is 161 Å². The maximum atomic E-state index is 12.8. The van der Waals surface area contributed by atoms with Crippen LogP contribution in [0.2, 0.25) is 5.28 Å². The Bertz CT molecular complexity index is 970. The standard InChI is InChI=1S/C16H14ClF3N6S/c17-15-24-13(22-6-9-4-10(7-21-5-9)16(18,19)20)12-14(25-15)26(8-23-12)11-2-1-3-27-11/h4-5,7-8,11H,1-3,6H2,(H,22,24,25)/t11-/m1/s1. The van der Waals surface area contributed by atoms with E-state index >= 15 is 0 Å². The SMILES string of the molecule is FC(F)(F)c1cncc(CNc2nc(Cl)nc3c2ncn3[C@H]2CCCS2)c1. The highest BCUT2D eigenvalue weighted by Gasteiger charge is 2.31. The predicted molar refractivity (Wildman–Crippen MR) is 97.6 cm³/mol. The Kier molecular flexibility index (Phi) is 4.85. The number of hydrogen-bond acceptors (Lipinski definition) is 6. The van der Waals surface area contributed by atoms with E-state index in [1.807, 2.05) is 16.3 Å². The van der Waals surface area contributed by atoms with Crippen molar-refractivity contribution < 1.29 is 13.2 Å². The summed E-state index contributed by atoms with van der Waals surface area (Å²) < 4.78 is 40.5. The number of thioether (sulfide) groups is 1. The number of aromatic nitrogens is 5. The second-order valence-corrected chi connectivity index (χ2v) is 7.69. The van der Waals surface area contributed by atoms with Gasteiger partial charge in [0.15, 0.2) is 17.0 Å². The molecule has 11 heteroatoms. The molecule has 0 amide bonds. The first-order chi connectivity index (χ1) is 12.9. The minimum Gasteiger partial charge on any atom is -0.364 e. The summed E-state index contributed by atoms with van der Waals surface area (Å²) in [5, 5.41) is 3.31. The van der Waals surface area contributed by atoms with Gasteiger partial charge in [0, 0.05) is 18.9 Å². The van der Waals surface area contributed by atoms with Crippen LogP contribution < -0.4 is 5.32 Å². The van der Waals surface area contributed by atoms with Crippen LogP contribution in [0, 0.1) is 0 Å². The molecule has 1 N–H and O–H groups in total. The van der Waals surface area contributed by atoms with Gasteiger partial charge < -0.3 is 9.88 Å². The summed E-state index contributed by atoms with van der Waals surface area (Å²) in [7, 11) is 0. The molecule has 6 nitrogen and oxygen atoms in total. The lowest BCUT2D eigenvalue weighted by Crippen LogP contribution is -2.09. The maximum Gasteiger partial charge on any atom is 0.417 e. The fraction of sp³-hybridized carbons (Fsp3) is 0.375. The van der Waals surface area contributed by atoms with Crippen LogP contribution >= 0.6 is 23.4 Å². The third kappa shape index (κ3) is 3.81. The van der Waals surface area contributed by atoms with Crippen molar-refractivity contribution >= 4 is 40.3 Å². The lowest BCUT2D eigenvalue weighted by molar-refractivity contribution is -0.137. The smallest absolute Gasteiger partial charge is 0.364 e. The number of rotatable bonds is 4. The summed E-state index contributed by atoms with van der Waals surface area (Å²) >= 11 is 7.88. The van der Waals surface area contributed by atoms with Gasteiger partial charge in [-0.25, -0.2) is 4.98 Å². The number of anilines is 1. The third-order valence-electron chi connectivity index (χ3n) is 4.19. The van der Waals surface area contributed by atoms with E-state index in [9.17, 15) is 13.2 Å². The first-order valence-electron chi connectivity index (χ1n) is 8.18. The van der Waals surface area contributed by atoms with Gasteiger partial charge in [0.05, 0.1) is 17.3 Å². The largest absolute Gasteiger partial charge is 0.417 e. The summed E-state index contributed by atoms with van der Waals surface area (Å²) in [6.07, 6.45) is 1.58. The first-order valence-corrected chi connectivity index (χ1v) is 9.61. The molecule has 0 radical (unpaired) electrons. The number of pyridine rings is 1. The van der Waals surface area contributed by atoms with Crippen LogP contribution in [0.4, 0.5) is 19.0 Å². The van der Waals surface area contributed by atoms with Gasteiger partial charge in [0.2, 0.25) is 5.28 Å². The van der Waals surface area contributed by atoms with E-state index in [1.165, 1.54) is 6.20 Å². The van der Waals surface area contributed by atoms with Gasteiger partial charge in [-0.15, -0.1) is 11.8 Å². The zero-order valence-electron chi connectivity index (χ0n) is 13.9. The number of alkyl halides is 3. The molecule has 0 saturated carbocycles. The van der Waals surface area contributed by atoms with E-state index < -0.39 is 11.7 Å². The molecule has 0 aromatic carbocycles. The number of imidazole rings is 1. The average molecular weight is 415 g/mol. The molecular formula is C16H14ClF3N6S. The first kappa shape index (κ1) is 18.3. The molecule has 0 unspecified atom stereocenters. The van der Waals surface area contributed by atoms with Gasteiger partial charge in [-0.3, -0.25) is 4.98 Å². The van der Waals surface area contributed by atoms with Crippen LogP contribution in [0.3, 0.4) is 0 Å². The quantitative estimate of drug-likeness (QED) is 0.632. The monoisotopic (exact) mass is 414 g/mol. The molecule has 1 aliphatic rings. The molecular weight excluding hydrogens is 401 g/mol. The minimum atomic E-state index is -4.44. The summed E-state index contributed by atoms with van der Waals surface area (Å²) in [6.45, 7) is 0.102. The topological polar surface area (TPSA) is 68.5 Å². The molecule has 1 aliphatic heterocycles. The average Bonchev–Trinajstić information content (AvgIpc) is 3.28. The summed E-state index contributed by atoms with van der Waals surface area (Å²) in [5.41, 5.74) is 0.722. The zero-order chi connectivity index (χ0) is 19.0. The van der Waals surface area contributed by atoms with E-state index in [2.05, 4.69) is 25.3 Å². The van der Waals surface area contributed by atoms with Gasteiger partial charge in [0.1, 0.15) is 0 Å². The molecule has 1 fully saturated rings. The second-order valence-electron chi connectivity index (χ2n) is 6.07. The van der Waals surface area contributed by atoms with E-state index in [1.54, 1.807) is 6.33 Å². The van der Waals surface area contributed by atoms with Crippen molar-refractivity contribution in [3.8, 4) is 0 Å². The lowest BCUT2D eigenvalue weighted by atomic mass is 10.2. The van der Waals surface area contributed by atoms with E-state index in [0.29, 0.717) is 22.5 Å². The molecule has 4 heterocycles. The van der Waals surface area contributed by atoms with Gasteiger partial charge >= 0.3 is 6.18 Å². The van der Waals surface area contributed by atoms with Crippen LogP contribution in [0.25, 0.3) is 11.2 Å². The van der Waals surface area contributed by atoms with Crippen molar-refractivity contribution in [2.45, 2.75) is 30.9 Å². The van der Waals surface area contributed by atoms with Crippen molar-refractivity contribution in [1.29, 1.82) is 0 Å². The molecule has 27 heavy (non-hydrogen) atoms. The van der Waals surface area contributed by atoms with Gasteiger partial charge in [0.25, 0.3) is 0 Å². The van der Waals surface area contributed by atoms with E-state index in [0.717, 1.165) is 30.9 Å². The highest BCUT2D eigenvalue weighted by atomic mass is 35.5. The molecule has 0 bridgehead atoms. The number of nitrogens with one attached hydrogen (secondary N) is 1. The summed E-state index contributed by atoms with van der Waals surface area (Å²) in [4.78, 5) is 16.5. The normalized spacial score (nSPS) is 17.6. The number of hydrogen-bond donors (Lipinski definition) is 1. The highest BCUT2D eigenvalue weighted by molar-refractivity contribution is 7.99. The minimum absolute atomic E-state index is 0.0527. The summed E-state index contributed by atoms with van der Waals surface area (Å²) in [6, 6.07) is 1.05. The second kappa shape index (κ2) is 7.16. The van der Waals surface area contributed by atoms with Crippen molar-refractivity contribution in [2.24, 2.45) is 0 Å².